The first-order valence-electron chi connectivity index (χ1n) is 12.2. The molecule has 4 aliphatic rings. The Morgan fingerprint density at radius 2 is 1.87 bits per heavy atom. The number of thiazole rings is 1. The van der Waals surface area contributed by atoms with Gasteiger partial charge in [0.1, 0.15) is 6.61 Å². The molecule has 2 aliphatic heterocycles. The molecule has 3 aromatic rings. The first-order valence-corrected chi connectivity index (χ1v) is 15.1. The number of cyclic esters (lactones) is 2. The Morgan fingerprint density at radius 1 is 1.08 bits per heavy atom. The molecular formula is C27H21Cl2NO5S3. The van der Waals surface area contributed by atoms with E-state index < -0.39 is 0 Å². The number of carbonyl (C=O) groups excluding carboxylic acids is 2. The molecule has 7 unspecified atom stereocenters. The quantitative estimate of drug-likeness (QED) is 0.193. The summed E-state index contributed by atoms with van der Waals surface area (Å²) in [5, 5.41) is 2.37. The van der Waals surface area contributed by atoms with Crippen LogP contribution in [0.4, 0.5) is 0 Å². The number of methoxy groups -OCH3 is 1. The smallest absolute Gasteiger partial charge is 0.317 e. The summed E-state index contributed by atoms with van der Waals surface area (Å²) in [6, 6.07) is 11.3. The van der Waals surface area contributed by atoms with Crippen LogP contribution in [0.15, 0.2) is 41.4 Å². The molecule has 2 aliphatic carbocycles. The fourth-order valence-electron chi connectivity index (χ4n) is 6.98. The topological polar surface area (TPSA) is 77.6 Å². The predicted molar refractivity (Wildman–Crippen MR) is 148 cm³/mol. The summed E-state index contributed by atoms with van der Waals surface area (Å²) in [5.41, 5.74) is 1.89. The van der Waals surface area contributed by atoms with E-state index in [9.17, 15) is 9.59 Å². The second kappa shape index (κ2) is 9.27. The summed E-state index contributed by atoms with van der Waals surface area (Å²) in [4.78, 5) is 29.8. The number of nitrogens with one attached hydrogen (secondary N) is 1. The van der Waals surface area contributed by atoms with Crippen LogP contribution in [0.5, 0.6) is 11.5 Å². The number of rotatable bonds is 5. The van der Waals surface area contributed by atoms with Crippen molar-refractivity contribution in [1.29, 1.82) is 0 Å². The van der Waals surface area contributed by atoms with Crippen LogP contribution in [-0.4, -0.2) is 29.3 Å². The Kier molecular flexibility index (Phi) is 6.09. The fourth-order valence-corrected chi connectivity index (χ4v) is 10.8. The number of esters is 2. The standard InChI is InChI=1S/C27H21Cl2NO5S3/c1-33-17-6-10(3-5-16(17)34-9-11-2-4-12(28)7-15(11)29)18-19-13-8-14(21-20(13)25(31)35-26(21)32)22(19)37-24-23(18)38-27(36)30-24/h2-7,13-14,18-22H,8-9H2,1H3,(H,30,36). The monoisotopic (exact) mass is 605 g/mol. The fraction of sp³-hybridized carbons (Fsp3) is 0.370. The van der Waals surface area contributed by atoms with E-state index in [2.05, 4.69) is 11.1 Å². The molecule has 0 spiro atoms. The lowest BCUT2D eigenvalue weighted by Gasteiger charge is -2.42. The predicted octanol–water partition coefficient (Wildman–Crippen LogP) is 6.89. The number of halogens is 2. The van der Waals surface area contributed by atoms with Crippen LogP contribution in [0, 0.1) is 33.5 Å². The molecular weight excluding hydrogens is 585 g/mol. The summed E-state index contributed by atoms with van der Waals surface area (Å²) in [5.74, 6) is 0.234. The maximum Gasteiger partial charge on any atom is 0.317 e. The van der Waals surface area contributed by atoms with E-state index in [0.717, 1.165) is 26.5 Å². The summed E-state index contributed by atoms with van der Waals surface area (Å²) >= 11 is 21.2. The van der Waals surface area contributed by atoms with E-state index in [1.807, 2.05) is 18.2 Å². The number of aromatic amines is 1. The number of hydrogen-bond donors (Lipinski definition) is 1. The molecule has 38 heavy (non-hydrogen) atoms. The van der Waals surface area contributed by atoms with Gasteiger partial charge in [-0.3, -0.25) is 9.59 Å². The van der Waals surface area contributed by atoms with Gasteiger partial charge >= 0.3 is 11.9 Å². The summed E-state index contributed by atoms with van der Waals surface area (Å²) < 4.78 is 17.7. The SMILES string of the molecule is COc1cc(C2c3sc(=S)[nH]c3SC3C4CC(C5C(=O)OC(=O)C45)C23)ccc1OCc1ccc(Cl)cc1Cl. The number of carbonyl (C=O) groups is 2. The van der Waals surface area contributed by atoms with Gasteiger partial charge in [-0.2, -0.15) is 0 Å². The van der Waals surface area contributed by atoms with Gasteiger partial charge in [0.2, 0.25) is 0 Å². The molecule has 7 atom stereocenters. The number of H-pyrrole nitrogens is 1. The average Bonchev–Trinajstić information content (AvgIpc) is 3.63. The van der Waals surface area contributed by atoms with Crippen molar-refractivity contribution >= 4 is 70.5 Å². The minimum atomic E-state index is -0.357. The van der Waals surface area contributed by atoms with Gasteiger partial charge in [0.25, 0.3) is 0 Å². The highest BCUT2D eigenvalue weighted by Gasteiger charge is 2.69. The summed E-state index contributed by atoms with van der Waals surface area (Å²) in [6.07, 6.45) is 0.866. The number of benzene rings is 2. The molecule has 1 saturated heterocycles. The molecule has 3 fully saturated rings. The summed E-state index contributed by atoms with van der Waals surface area (Å²) in [6.45, 7) is 0.267. The van der Waals surface area contributed by atoms with Crippen LogP contribution >= 0.6 is 58.5 Å². The van der Waals surface area contributed by atoms with Crippen LogP contribution in [0.3, 0.4) is 0 Å². The molecule has 0 radical (unpaired) electrons. The van der Waals surface area contributed by atoms with Gasteiger partial charge in [-0.05, 0) is 66.2 Å². The number of fused-ring (bicyclic) bond motifs is 9. The maximum absolute atomic E-state index is 12.7. The Balaban J connectivity index is 1.25. The number of hydrogen-bond acceptors (Lipinski definition) is 8. The van der Waals surface area contributed by atoms with Gasteiger partial charge in [0.05, 0.1) is 24.0 Å². The van der Waals surface area contributed by atoms with Crippen molar-refractivity contribution in [3.05, 3.63) is 66.4 Å². The molecule has 1 N–H and O–H groups in total. The van der Waals surface area contributed by atoms with Crippen LogP contribution in [0.1, 0.15) is 28.3 Å². The van der Waals surface area contributed by atoms with E-state index in [0.29, 0.717) is 21.5 Å². The van der Waals surface area contributed by atoms with Crippen LogP contribution < -0.4 is 9.47 Å². The van der Waals surface area contributed by atoms with Crippen molar-refractivity contribution in [3.63, 3.8) is 0 Å². The second-order valence-electron chi connectivity index (χ2n) is 10.1. The Labute approximate surface area is 242 Å². The van der Waals surface area contributed by atoms with Crippen molar-refractivity contribution in [2.45, 2.75) is 29.2 Å². The van der Waals surface area contributed by atoms with Crippen molar-refractivity contribution in [2.24, 2.45) is 29.6 Å². The highest BCUT2D eigenvalue weighted by atomic mass is 35.5. The van der Waals surface area contributed by atoms with E-state index >= 15 is 0 Å². The van der Waals surface area contributed by atoms with Gasteiger partial charge in [-0.15, -0.1) is 23.1 Å². The number of aromatic nitrogens is 1. The molecule has 2 saturated carbocycles. The molecule has 6 nitrogen and oxygen atoms in total. The van der Waals surface area contributed by atoms with Crippen molar-refractivity contribution < 1.29 is 23.8 Å². The molecule has 11 heteroatoms. The molecule has 7 rings (SSSR count). The van der Waals surface area contributed by atoms with E-state index in [-0.39, 0.29) is 59.3 Å². The van der Waals surface area contributed by atoms with Crippen molar-refractivity contribution in [3.8, 4) is 11.5 Å². The van der Waals surface area contributed by atoms with Crippen molar-refractivity contribution in [1.82, 2.24) is 4.98 Å². The first-order chi connectivity index (χ1) is 18.3. The lowest BCUT2D eigenvalue weighted by atomic mass is 9.68. The normalized spacial score (nSPS) is 30.6. The third-order valence-electron chi connectivity index (χ3n) is 8.40. The average molecular weight is 607 g/mol. The minimum absolute atomic E-state index is 0.0160. The van der Waals surface area contributed by atoms with Crippen LogP contribution in [-0.2, 0) is 20.9 Å². The Hall–Kier alpha value is -2.04. The lowest BCUT2D eigenvalue weighted by Crippen LogP contribution is -2.42. The third kappa shape index (κ3) is 3.77. The Morgan fingerprint density at radius 3 is 2.63 bits per heavy atom. The van der Waals surface area contributed by atoms with Crippen LogP contribution in [0.25, 0.3) is 0 Å². The zero-order chi connectivity index (χ0) is 26.3. The highest BCUT2D eigenvalue weighted by molar-refractivity contribution is 8.00. The number of thioether (sulfide) groups is 1. The second-order valence-corrected chi connectivity index (χ2v) is 13.9. The third-order valence-corrected chi connectivity index (χ3v) is 11.9. The largest absolute Gasteiger partial charge is 0.493 e. The van der Waals surface area contributed by atoms with Crippen LogP contribution in [0.2, 0.25) is 10.0 Å². The maximum atomic E-state index is 12.7. The molecule has 2 aromatic carbocycles. The van der Waals surface area contributed by atoms with E-state index in [4.69, 9.17) is 49.6 Å². The zero-order valence-electron chi connectivity index (χ0n) is 19.9. The summed E-state index contributed by atoms with van der Waals surface area (Å²) in [7, 11) is 1.62. The zero-order valence-corrected chi connectivity index (χ0v) is 23.9. The highest BCUT2D eigenvalue weighted by Crippen LogP contribution is 2.68. The van der Waals surface area contributed by atoms with E-state index in [1.165, 1.54) is 4.88 Å². The Bertz CT molecular complexity index is 1550. The van der Waals surface area contributed by atoms with Gasteiger partial charge < -0.3 is 19.2 Å². The van der Waals surface area contributed by atoms with E-state index in [1.54, 1.807) is 42.3 Å². The van der Waals surface area contributed by atoms with Gasteiger partial charge in [-0.25, -0.2) is 0 Å². The van der Waals surface area contributed by atoms with Crippen molar-refractivity contribution in [2.75, 3.05) is 7.11 Å². The molecule has 2 bridgehead atoms. The van der Waals surface area contributed by atoms with Gasteiger partial charge in [0.15, 0.2) is 15.5 Å². The molecule has 0 amide bonds. The van der Waals surface area contributed by atoms with Gasteiger partial charge in [0, 0.05) is 31.7 Å². The lowest BCUT2D eigenvalue weighted by molar-refractivity contribution is -0.154. The molecule has 3 heterocycles. The minimum Gasteiger partial charge on any atom is -0.493 e. The molecule has 196 valence electrons. The molecule has 1 aromatic heterocycles. The number of ether oxygens (including phenoxy) is 3. The first kappa shape index (κ1) is 25.0. The van der Waals surface area contributed by atoms with Gasteiger partial charge in [-0.1, -0.05) is 35.3 Å².